The van der Waals surface area contributed by atoms with Crippen molar-refractivity contribution in [2.45, 2.75) is 44.9 Å². The van der Waals surface area contributed by atoms with Crippen LogP contribution in [0.25, 0.3) is 0 Å². The maximum Gasteiger partial charge on any atom is 0.222 e. The summed E-state index contributed by atoms with van der Waals surface area (Å²) in [6, 6.07) is 8.24. The van der Waals surface area contributed by atoms with Crippen molar-refractivity contribution in [2.24, 2.45) is 5.92 Å². The molecule has 166 valence electrons. The van der Waals surface area contributed by atoms with E-state index in [4.69, 9.17) is 4.74 Å². The summed E-state index contributed by atoms with van der Waals surface area (Å²) in [5.74, 6) is 1.94. The summed E-state index contributed by atoms with van der Waals surface area (Å²) in [5, 5.41) is 0. The van der Waals surface area contributed by atoms with E-state index in [1.165, 1.54) is 18.4 Å². The zero-order chi connectivity index (χ0) is 21.3. The fourth-order valence-electron chi connectivity index (χ4n) is 4.73. The van der Waals surface area contributed by atoms with Gasteiger partial charge in [-0.2, -0.15) is 0 Å². The van der Waals surface area contributed by atoms with E-state index >= 15 is 0 Å². The molecule has 1 aromatic carbocycles. The normalized spacial score (nSPS) is 19.9. The van der Waals surface area contributed by atoms with Gasteiger partial charge in [0.15, 0.2) is 0 Å². The van der Waals surface area contributed by atoms with Gasteiger partial charge in [0.25, 0.3) is 0 Å². The van der Waals surface area contributed by atoms with E-state index in [0.29, 0.717) is 18.8 Å². The Balaban J connectivity index is 1.38. The molecule has 2 aliphatic rings. The molecule has 2 fully saturated rings. The minimum Gasteiger partial charge on any atom is -0.496 e. The van der Waals surface area contributed by atoms with Crippen LogP contribution in [-0.2, 0) is 16.0 Å². The Morgan fingerprint density at radius 3 is 2.80 bits per heavy atom. The SMILES string of the molecule is COc1ccccc1CCN1CCC[C@@H](CN(C)C(=O)CCCN2CCCC2=O)C1. The Morgan fingerprint density at radius 1 is 1.20 bits per heavy atom. The van der Waals surface area contributed by atoms with Crippen molar-refractivity contribution in [2.75, 3.05) is 53.4 Å². The monoisotopic (exact) mass is 415 g/mol. The summed E-state index contributed by atoms with van der Waals surface area (Å²) in [7, 11) is 3.66. The highest BCUT2D eigenvalue weighted by molar-refractivity contribution is 5.78. The van der Waals surface area contributed by atoms with Crippen LogP contribution in [0.3, 0.4) is 0 Å². The van der Waals surface area contributed by atoms with Crippen LogP contribution in [-0.4, -0.2) is 79.9 Å². The minimum absolute atomic E-state index is 0.202. The van der Waals surface area contributed by atoms with E-state index in [0.717, 1.165) is 64.3 Å². The Kier molecular flexibility index (Phi) is 8.55. The van der Waals surface area contributed by atoms with Crippen LogP contribution in [0.4, 0.5) is 0 Å². The number of hydrogen-bond acceptors (Lipinski definition) is 4. The molecule has 2 heterocycles. The topological polar surface area (TPSA) is 53.1 Å². The first-order valence-corrected chi connectivity index (χ1v) is 11.4. The maximum absolute atomic E-state index is 12.5. The molecule has 6 heteroatoms. The Labute approximate surface area is 181 Å². The minimum atomic E-state index is 0.202. The molecule has 2 aliphatic heterocycles. The third-order valence-electron chi connectivity index (χ3n) is 6.44. The van der Waals surface area contributed by atoms with Crippen molar-refractivity contribution >= 4 is 11.8 Å². The molecule has 0 bridgehead atoms. The van der Waals surface area contributed by atoms with Gasteiger partial charge in [0.1, 0.15) is 5.75 Å². The van der Waals surface area contributed by atoms with Crippen LogP contribution in [0.5, 0.6) is 5.75 Å². The number of piperidine rings is 1. The Bertz CT molecular complexity index is 709. The highest BCUT2D eigenvalue weighted by atomic mass is 16.5. The second kappa shape index (κ2) is 11.3. The molecule has 1 atom stereocenters. The fraction of sp³-hybridized carbons (Fsp3) is 0.667. The Morgan fingerprint density at radius 2 is 2.03 bits per heavy atom. The molecular formula is C24H37N3O3. The van der Waals surface area contributed by atoms with Crippen molar-refractivity contribution in [3.05, 3.63) is 29.8 Å². The summed E-state index contributed by atoms with van der Waals surface area (Å²) in [4.78, 5) is 30.5. The molecule has 0 spiro atoms. The van der Waals surface area contributed by atoms with Crippen molar-refractivity contribution in [3.8, 4) is 5.75 Å². The lowest BCUT2D eigenvalue weighted by Gasteiger charge is -2.35. The Hall–Kier alpha value is -2.08. The number of benzene rings is 1. The second-order valence-corrected chi connectivity index (χ2v) is 8.73. The van der Waals surface area contributed by atoms with Gasteiger partial charge in [-0.1, -0.05) is 18.2 Å². The number of methoxy groups -OCH3 is 1. The fourth-order valence-corrected chi connectivity index (χ4v) is 4.73. The molecule has 0 aromatic heterocycles. The number of rotatable bonds is 10. The molecule has 30 heavy (non-hydrogen) atoms. The van der Waals surface area contributed by atoms with Crippen molar-refractivity contribution in [1.82, 2.24) is 14.7 Å². The summed E-state index contributed by atoms with van der Waals surface area (Å²) in [6.45, 7) is 5.61. The molecule has 0 N–H and O–H groups in total. The molecule has 0 aliphatic carbocycles. The number of hydrogen-bond donors (Lipinski definition) is 0. The number of carbonyl (C=O) groups excluding carboxylic acids is 2. The van der Waals surface area contributed by atoms with Gasteiger partial charge >= 0.3 is 0 Å². The molecule has 2 saturated heterocycles. The second-order valence-electron chi connectivity index (χ2n) is 8.73. The van der Waals surface area contributed by atoms with Crippen molar-refractivity contribution < 1.29 is 14.3 Å². The summed E-state index contributed by atoms with van der Waals surface area (Å²) in [6.07, 6.45) is 6.29. The van der Waals surface area contributed by atoms with Crippen molar-refractivity contribution in [1.29, 1.82) is 0 Å². The van der Waals surface area contributed by atoms with Crippen LogP contribution in [0.2, 0.25) is 0 Å². The lowest BCUT2D eigenvalue weighted by molar-refractivity contribution is -0.132. The van der Waals surface area contributed by atoms with E-state index in [1.54, 1.807) is 7.11 Å². The van der Waals surface area contributed by atoms with Gasteiger partial charge in [0, 0.05) is 52.6 Å². The smallest absolute Gasteiger partial charge is 0.222 e. The number of nitrogens with zero attached hydrogens (tertiary/aromatic N) is 3. The first kappa shape index (κ1) is 22.6. The van der Waals surface area contributed by atoms with Gasteiger partial charge in [-0.15, -0.1) is 0 Å². The highest BCUT2D eigenvalue weighted by Crippen LogP contribution is 2.21. The average molecular weight is 416 g/mol. The standard InChI is InChI=1S/C24H37N3O3/c1-25(23(28)11-6-15-27-16-7-12-24(27)29)18-20-8-5-14-26(19-20)17-13-21-9-3-4-10-22(21)30-2/h3-4,9-10,20H,5-8,11-19H2,1-2H3/t20-/m0/s1. The molecule has 6 nitrogen and oxygen atoms in total. The predicted octanol–water partition coefficient (Wildman–Crippen LogP) is 2.81. The van der Waals surface area contributed by atoms with E-state index in [2.05, 4.69) is 17.0 Å². The van der Waals surface area contributed by atoms with Crippen LogP contribution < -0.4 is 4.74 Å². The van der Waals surface area contributed by atoms with Gasteiger partial charge in [0.2, 0.25) is 11.8 Å². The zero-order valence-corrected chi connectivity index (χ0v) is 18.6. The van der Waals surface area contributed by atoms with Gasteiger partial charge < -0.3 is 19.4 Å². The lowest BCUT2D eigenvalue weighted by atomic mass is 9.97. The molecule has 0 radical (unpaired) electrons. The summed E-state index contributed by atoms with van der Waals surface area (Å²) >= 11 is 0. The zero-order valence-electron chi connectivity index (χ0n) is 18.6. The number of ether oxygens (including phenoxy) is 1. The van der Waals surface area contributed by atoms with E-state index in [9.17, 15) is 9.59 Å². The largest absolute Gasteiger partial charge is 0.496 e. The van der Waals surface area contributed by atoms with Crippen LogP contribution in [0.1, 0.15) is 44.1 Å². The molecular weight excluding hydrogens is 378 g/mol. The molecule has 0 saturated carbocycles. The third-order valence-corrected chi connectivity index (χ3v) is 6.44. The van der Waals surface area contributed by atoms with Crippen LogP contribution in [0.15, 0.2) is 24.3 Å². The lowest BCUT2D eigenvalue weighted by Crippen LogP contribution is -2.42. The number of para-hydroxylation sites is 1. The van der Waals surface area contributed by atoms with Crippen LogP contribution >= 0.6 is 0 Å². The van der Waals surface area contributed by atoms with Crippen LogP contribution in [0, 0.1) is 5.92 Å². The number of likely N-dealkylation sites (tertiary alicyclic amines) is 2. The van der Waals surface area contributed by atoms with E-state index in [1.807, 2.05) is 29.0 Å². The van der Waals surface area contributed by atoms with Gasteiger partial charge in [-0.05, 0) is 56.2 Å². The number of carbonyl (C=O) groups is 2. The highest BCUT2D eigenvalue weighted by Gasteiger charge is 2.23. The van der Waals surface area contributed by atoms with Gasteiger partial charge in [-0.25, -0.2) is 0 Å². The van der Waals surface area contributed by atoms with E-state index < -0.39 is 0 Å². The molecule has 0 unspecified atom stereocenters. The van der Waals surface area contributed by atoms with Crippen molar-refractivity contribution in [3.63, 3.8) is 0 Å². The molecule has 3 rings (SSSR count). The van der Waals surface area contributed by atoms with Gasteiger partial charge in [-0.3, -0.25) is 9.59 Å². The molecule has 2 amide bonds. The third kappa shape index (κ3) is 6.46. The molecule has 1 aromatic rings. The average Bonchev–Trinajstić information content (AvgIpc) is 3.17. The van der Waals surface area contributed by atoms with E-state index in [-0.39, 0.29) is 11.8 Å². The maximum atomic E-state index is 12.5. The first-order chi connectivity index (χ1) is 14.6. The summed E-state index contributed by atoms with van der Waals surface area (Å²) in [5.41, 5.74) is 1.26. The van der Waals surface area contributed by atoms with Gasteiger partial charge in [0.05, 0.1) is 7.11 Å². The number of amides is 2. The predicted molar refractivity (Wildman–Crippen MR) is 119 cm³/mol. The quantitative estimate of drug-likeness (QED) is 0.590. The first-order valence-electron chi connectivity index (χ1n) is 11.4. The summed E-state index contributed by atoms with van der Waals surface area (Å²) < 4.78 is 5.47.